The Balaban J connectivity index is 1.48. The van der Waals surface area contributed by atoms with Gasteiger partial charge < -0.3 is 15.0 Å². The zero-order valence-electron chi connectivity index (χ0n) is 18.6. The van der Waals surface area contributed by atoms with E-state index >= 15 is 0 Å². The Morgan fingerprint density at radius 3 is 2.45 bits per heavy atom. The number of ether oxygens (including phenoxy) is 1. The van der Waals surface area contributed by atoms with Crippen molar-refractivity contribution in [2.24, 2.45) is 11.0 Å². The van der Waals surface area contributed by atoms with Gasteiger partial charge in [0.2, 0.25) is 11.8 Å². The number of nitrogens with zero attached hydrogens (tertiary/aromatic N) is 3. The molecule has 0 saturated carbocycles. The molecular formula is C25H28N4O4. The number of anilines is 2. The Kier molecular flexibility index (Phi) is 7.02. The maximum Gasteiger partial charge on any atom is 0.354 e. The smallest absolute Gasteiger partial charge is 0.354 e. The lowest BCUT2D eigenvalue weighted by atomic mass is 9.96. The fourth-order valence-corrected chi connectivity index (χ4v) is 4.23. The number of hydrogen-bond acceptors (Lipinski definition) is 6. The second-order valence-corrected chi connectivity index (χ2v) is 8.15. The van der Waals surface area contributed by atoms with Crippen LogP contribution in [-0.2, 0) is 19.1 Å². The number of amides is 2. The van der Waals surface area contributed by atoms with E-state index in [0.29, 0.717) is 13.1 Å². The van der Waals surface area contributed by atoms with Gasteiger partial charge in [-0.05, 0) is 44.0 Å². The molecule has 2 unspecified atom stereocenters. The van der Waals surface area contributed by atoms with Crippen LogP contribution in [0.3, 0.4) is 0 Å². The van der Waals surface area contributed by atoms with E-state index in [1.165, 1.54) is 0 Å². The van der Waals surface area contributed by atoms with Crippen molar-refractivity contribution >= 4 is 34.9 Å². The predicted octanol–water partition coefficient (Wildman–Crippen LogP) is 3.06. The Labute approximate surface area is 193 Å². The van der Waals surface area contributed by atoms with E-state index in [-0.39, 0.29) is 36.5 Å². The van der Waals surface area contributed by atoms with Crippen LogP contribution < -0.4 is 10.3 Å². The third kappa shape index (κ3) is 5.22. The lowest BCUT2D eigenvalue weighted by Crippen LogP contribution is -2.50. The van der Waals surface area contributed by atoms with Gasteiger partial charge in [0.25, 0.3) is 0 Å². The molecule has 33 heavy (non-hydrogen) atoms. The lowest BCUT2D eigenvalue weighted by molar-refractivity contribution is -0.135. The summed E-state index contributed by atoms with van der Waals surface area (Å²) in [6, 6.07) is 18.0. The summed E-state index contributed by atoms with van der Waals surface area (Å²) < 4.78 is 5.11. The van der Waals surface area contributed by atoms with Crippen molar-refractivity contribution in [2.45, 2.75) is 32.2 Å². The van der Waals surface area contributed by atoms with Crippen LogP contribution in [0, 0.1) is 5.92 Å². The Hall–Kier alpha value is -3.68. The normalized spacial score (nSPS) is 20.2. The summed E-state index contributed by atoms with van der Waals surface area (Å²) in [5.41, 5.74) is 1.70. The molecule has 0 aliphatic carbocycles. The number of carbonyl (C=O) groups excluding carboxylic acids is 3. The number of hydrogen-bond donors (Lipinski definition) is 1. The van der Waals surface area contributed by atoms with E-state index in [1.54, 1.807) is 16.8 Å². The third-order valence-electron chi connectivity index (χ3n) is 5.87. The van der Waals surface area contributed by atoms with Crippen LogP contribution >= 0.6 is 0 Å². The highest BCUT2D eigenvalue weighted by atomic mass is 16.5. The zero-order valence-corrected chi connectivity index (χ0v) is 18.6. The quantitative estimate of drug-likeness (QED) is 0.686. The molecule has 1 N–H and O–H groups in total. The molecular weight excluding hydrogens is 420 g/mol. The first-order valence-electron chi connectivity index (χ1n) is 11.3. The van der Waals surface area contributed by atoms with Crippen molar-refractivity contribution in [3.63, 3.8) is 0 Å². The second-order valence-electron chi connectivity index (χ2n) is 8.15. The number of hydrazone groups is 1. The first-order valence-corrected chi connectivity index (χ1v) is 11.3. The standard InChI is InChI=1S/C25H28N4O4/c1-2-33-25(32)21-16-22(29(27-21)20-13-7-4-8-14-20)24(31)28-15-9-10-18(17-28)23(30)26-19-11-5-3-6-12-19/h3-8,11-14,18,22H,2,9-10,15-17H2,1H3,(H,26,30). The van der Waals surface area contributed by atoms with Crippen molar-refractivity contribution in [3.8, 4) is 0 Å². The Bertz CT molecular complexity index is 1030. The number of benzene rings is 2. The highest BCUT2D eigenvalue weighted by Gasteiger charge is 2.40. The fraction of sp³-hybridized carbons (Fsp3) is 0.360. The molecule has 8 nitrogen and oxygen atoms in total. The minimum Gasteiger partial charge on any atom is -0.461 e. The summed E-state index contributed by atoms with van der Waals surface area (Å²) in [7, 11) is 0. The number of piperidine rings is 1. The number of rotatable bonds is 6. The molecule has 172 valence electrons. The van der Waals surface area contributed by atoms with Crippen LogP contribution in [0.2, 0.25) is 0 Å². The fourth-order valence-electron chi connectivity index (χ4n) is 4.23. The number of carbonyl (C=O) groups is 3. The minimum absolute atomic E-state index is 0.0894. The highest BCUT2D eigenvalue weighted by Crippen LogP contribution is 2.28. The molecule has 2 heterocycles. The van der Waals surface area contributed by atoms with Crippen molar-refractivity contribution < 1.29 is 19.1 Å². The van der Waals surface area contributed by atoms with Crippen LogP contribution in [0.15, 0.2) is 65.8 Å². The molecule has 2 aliphatic heterocycles. The molecule has 1 fully saturated rings. The predicted molar refractivity (Wildman–Crippen MR) is 126 cm³/mol. The van der Waals surface area contributed by atoms with Gasteiger partial charge in [0.1, 0.15) is 11.8 Å². The van der Waals surface area contributed by atoms with Gasteiger partial charge in [-0.25, -0.2) is 4.79 Å². The number of likely N-dealkylation sites (tertiary alicyclic amines) is 1. The van der Waals surface area contributed by atoms with E-state index in [9.17, 15) is 14.4 Å². The van der Waals surface area contributed by atoms with Crippen molar-refractivity contribution in [3.05, 3.63) is 60.7 Å². The molecule has 2 aliphatic rings. The van der Waals surface area contributed by atoms with E-state index < -0.39 is 12.0 Å². The molecule has 1 saturated heterocycles. The van der Waals surface area contributed by atoms with E-state index in [0.717, 1.165) is 24.2 Å². The lowest BCUT2D eigenvalue weighted by Gasteiger charge is -2.35. The average Bonchev–Trinajstić information content (AvgIpc) is 3.31. The largest absolute Gasteiger partial charge is 0.461 e. The molecule has 2 aromatic carbocycles. The van der Waals surface area contributed by atoms with Gasteiger partial charge in [0.15, 0.2) is 0 Å². The van der Waals surface area contributed by atoms with Crippen LogP contribution in [0.5, 0.6) is 0 Å². The summed E-state index contributed by atoms with van der Waals surface area (Å²) in [6.07, 6.45) is 1.63. The van der Waals surface area contributed by atoms with E-state index in [2.05, 4.69) is 10.4 Å². The number of para-hydroxylation sites is 2. The molecule has 0 bridgehead atoms. The van der Waals surface area contributed by atoms with Crippen LogP contribution in [0.25, 0.3) is 0 Å². The summed E-state index contributed by atoms with van der Waals surface area (Å²) in [6.45, 7) is 2.89. The van der Waals surface area contributed by atoms with Gasteiger partial charge in [-0.3, -0.25) is 14.6 Å². The van der Waals surface area contributed by atoms with E-state index in [4.69, 9.17) is 4.74 Å². The van der Waals surface area contributed by atoms with Crippen molar-refractivity contribution in [1.82, 2.24) is 4.90 Å². The van der Waals surface area contributed by atoms with Crippen LogP contribution in [-0.4, -0.2) is 54.1 Å². The van der Waals surface area contributed by atoms with Gasteiger partial charge in [0, 0.05) is 25.2 Å². The molecule has 0 spiro atoms. The molecule has 0 aromatic heterocycles. The van der Waals surface area contributed by atoms with Gasteiger partial charge in [-0.15, -0.1) is 0 Å². The second kappa shape index (κ2) is 10.3. The summed E-state index contributed by atoms with van der Waals surface area (Å²) in [5.74, 6) is -1.03. The number of nitrogens with one attached hydrogen (secondary N) is 1. The van der Waals surface area contributed by atoms with Crippen molar-refractivity contribution in [1.29, 1.82) is 0 Å². The van der Waals surface area contributed by atoms with Crippen LogP contribution in [0.4, 0.5) is 11.4 Å². The topological polar surface area (TPSA) is 91.3 Å². The maximum atomic E-state index is 13.6. The molecule has 8 heteroatoms. The van der Waals surface area contributed by atoms with E-state index in [1.807, 2.05) is 60.7 Å². The monoisotopic (exact) mass is 448 g/mol. The van der Waals surface area contributed by atoms with Gasteiger partial charge >= 0.3 is 5.97 Å². The maximum absolute atomic E-state index is 13.6. The zero-order chi connectivity index (χ0) is 23.2. The van der Waals surface area contributed by atoms with Gasteiger partial charge in [0.05, 0.1) is 18.2 Å². The third-order valence-corrected chi connectivity index (χ3v) is 5.87. The molecule has 0 radical (unpaired) electrons. The first-order chi connectivity index (χ1) is 16.1. The Morgan fingerprint density at radius 2 is 1.76 bits per heavy atom. The van der Waals surface area contributed by atoms with Crippen molar-refractivity contribution in [2.75, 3.05) is 30.0 Å². The summed E-state index contributed by atoms with van der Waals surface area (Å²) in [4.78, 5) is 40.4. The minimum atomic E-state index is -0.650. The first kappa shape index (κ1) is 22.5. The average molecular weight is 449 g/mol. The SMILES string of the molecule is CCOC(=O)C1=NN(c2ccccc2)C(C(=O)N2CCCC(C(=O)Nc3ccccc3)C2)C1. The number of esters is 1. The molecule has 2 atom stereocenters. The molecule has 2 aromatic rings. The molecule has 2 amide bonds. The summed E-state index contributed by atoms with van der Waals surface area (Å²) >= 11 is 0. The highest BCUT2D eigenvalue weighted by molar-refractivity contribution is 6.38. The molecule has 4 rings (SSSR count). The van der Waals surface area contributed by atoms with Crippen LogP contribution in [0.1, 0.15) is 26.2 Å². The summed E-state index contributed by atoms with van der Waals surface area (Å²) in [5, 5.41) is 8.97. The van der Waals surface area contributed by atoms with Gasteiger partial charge in [-0.2, -0.15) is 5.10 Å². The van der Waals surface area contributed by atoms with Gasteiger partial charge in [-0.1, -0.05) is 36.4 Å². The Morgan fingerprint density at radius 1 is 1.06 bits per heavy atom.